The highest BCUT2D eigenvalue weighted by Crippen LogP contribution is 2.20. The maximum Gasteiger partial charge on any atom is 0.319 e. The van der Waals surface area contributed by atoms with Gasteiger partial charge in [0.25, 0.3) is 0 Å². The topological polar surface area (TPSA) is 50.4 Å². The molecule has 0 spiro atoms. The van der Waals surface area contributed by atoms with Crippen molar-refractivity contribution in [1.29, 1.82) is 0 Å². The van der Waals surface area contributed by atoms with E-state index in [4.69, 9.17) is 16.3 Å². The van der Waals surface area contributed by atoms with E-state index in [0.29, 0.717) is 17.3 Å². The number of carbonyl (C=O) groups is 1. The minimum atomic E-state index is -0.297. The van der Waals surface area contributed by atoms with Crippen LogP contribution in [0.5, 0.6) is 5.75 Å². The molecule has 0 aliphatic rings. The number of methoxy groups -OCH3 is 1. The fourth-order valence-corrected chi connectivity index (χ4v) is 1.84. The van der Waals surface area contributed by atoms with Crippen LogP contribution in [0.4, 0.5) is 10.5 Å². The third-order valence-electron chi connectivity index (χ3n) is 2.73. The summed E-state index contributed by atoms with van der Waals surface area (Å²) in [5, 5.41) is 5.97. The summed E-state index contributed by atoms with van der Waals surface area (Å²) in [6, 6.07) is 14.3. The molecule has 2 aromatic carbocycles. The lowest BCUT2D eigenvalue weighted by molar-refractivity contribution is 0.251. The highest BCUT2D eigenvalue weighted by molar-refractivity contribution is 6.33. The highest BCUT2D eigenvalue weighted by atomic mass is 35.5. The third kappa shape index (κ3) is 3.90. The third-order valence-corrected chi connectivity index (χ3v) is 3.06. The van der Waals surface area contributed by atoms with Crippen LogP contribution in [-0.2, 0) is 6.54 Å². The van der Waals surface area contributed by atoms with Crippen LogP contribution < -0.4 is 15.4 Å². The largest absolute Gasteiger partial charge is 0.497 e. The van der Waals surface area contributed by atoms with Crippen LogP contribution >= 0.6 is 11.6 Å². The SMILES string of the molecule is COc1ccc(CNC(=O)Nc2ccccc2Cl)cc1. The van der Waals surface area contributed by atoms with Gasteiger partial charge in [-0.25, -0.2) is 4.79 Å². The fraction of sp³-hybridized carbons (Fsp3) is 0.133. The summed E-state index contributed by atoms with van der Waals surface area (Å²) in [6.07, 6.45) is 0. The molecule has 0 atom stereocenters. The minimum Gasteiger partial charge on any atom is -0.497 e. The van der Waals surface area contributed by atoms with E-state index < -0.39 is 0 Å². The summed E-state index contributed by atoms with van der Waals surface area (Å²) in [7, 11) is 1.62. The Balaban J connectivity index is 1.87. The molecule has 5 heteroatoms. The number of rotatable bonds is 4. The first-order valence-corrected chi connectivity index (χ1v) is 6.49. The summed E-state index contributed by atoms with van der Waals surface area (Å²) in [6.45, 7) is 0.431. The Hall–Kier alpha value is -2.20. The molecule has 0 heterocycles. The first-order chi connectivity index (χ1) is 9.69. The molecular weight excluding hydrogens is 276 g/mol. The second-order valence-electron chi connectivity index (χ2n) is 4.14. The molecule has 0 aliphatic heterocycles. The van der Waals surface area contributed by atoms with Gasteiger partial charge < -0.3 is 15.4 Å². The number of hydrogen-bond donors (Lipinski definition) is 2. The number of urea groups is 1. The lowest BCUT2D eigenvalue weighted by Crippen LogP contribution is -2.28. The van der Waals surface area contributed by atoms with Crippen molar-refractivity contribution in [2.24, 2.45) is 0 Å². The fourth-order valence-electron chi connectivity index (χ4n) is 1.65. The normalized spacial score (nSPS) is 9.90. The van der Waals surface area contributed by atoms with Crippen LogP contribution in [0.25, 0.3) is 0 Å². The lowest BCUT2D eigenvalue weighted by atomic mass is 10.2. The van der Waals surface area contributed by atoms with Crippen LogP contribution in [0, 0.1) is 0 Å². The predicted molar refractivity (Wildman–Crippen MR) is 80.3 cm³/mol. The molecule has 0 aromatic heterocycles. The van der Waals surface area contributed by atoms with Crippen molar-refractivity contribution in [3.8, 4) is 5.75 Å². The van der Waals surface area contributed by atoms with Crippen molar-refractivity contribution < 1.29 is 9.53 Å². The van der Waals surface area contributed by atoms with Gasteiger partial charge in [-0.15, -0.1) is 0 Å². The minimum absolute atomic E-state index is 0.297. The maximum absolute atomic E-state index is 11.8. The average Bonchev–Trinajstić information content (AvgIpc) is 2.48. The van der Waals surface area contributed by atoms with E-state index in [9.17, 15) is 4.79 Å². The van der Waals surface area contributed by atoms with E-state index in [1.54, 1.807) is 19.2 Å². The number of hydrogen-bond acceptors (Lipinski definition) is 2. The van der Waals surface area contributed by atoms with Gasteiger partial charge in [-0.1, -0.05) is 35.9 Å². The predicted octanol–water partition coefficient (Wildman–Crippen LogP) is 3.67. The summed E-state index contributed by atoms with van der Waals surface area (Å²) < 4.78 is 5.07. The second kappa shape index (κ2) is 6.82. The quantitative estimate of drug-likeness (QED) is 0.902. The Labute approximate surface area is 122 Å². The van der Waals surface area contributed by atoms with Crippen molar-refractivity contribution in [3.05, 3.63) is 59.1 Å². The zero-order valence-corrected chi connectivity index (χ0v) is 11.8. The number of benzene rings is 2. The molecule has 104 valence electrons. The van der Waals surface area contributed by atoms with Crippen molar-refractivity contribution in [1.82, 2.24) is 5.32 Å². The van der Waals surface area contributed by atoms with Gasteiger partial charge in [0.1, 0.15) is 5.75 Å². The van der Waals surface area contributed by atoms with Crippen molar-refractivity contribution in [2.45, 2.75) is 6.54 Å². The monoisotopic (exact) mass is 290 g/mol. The smallest absolute Gasteiger partial charge is 0.319 e. The Morgan fingerprint density at radius 2 is 1.85 bits per heavy atom. The van der Waals surface area contributed by atoms with Crippen LogP contribution in [-0.4, -0.2) is 13.1 Å². The van der Waals surface area contributed by atoms with Gasteiger partial charge in [0, 0.05) is 6.54 Å². The lowest BCUT2D eigenvalue weighted by Gasteiger charge is -2.09. The molecule has 4 nitrogen and oxygen atoms in total. The second-order valence-corrected chi connectivity index (χ2v) is 4.54. The van der Waals surface area contributed by atoms with Crippen LogP contribution in [0.2, 0.25) is 5.02 Å². The Morgan fingerprint density at radius 1 is 1.15 bits per heavy atom. The zero-order chi connectivity index (χ0) is 14.4. The summed E-state index contributed by atoms with van der Waals surface area (Å²) in [4.78, 5) is 11.8. The van der Waals surface area contributed by atoms with Gasteiger partial charge in [-0.05, 0) is 29.8 Å². The van der Waals surface area contributed by atoms with Crippen LogP contribution in [0.1, 0.15) is 5.56 Å². The van der Waals surface area contributed by atoms with Crippen molar-refractivity contribution in [3.63, 3.8) is 0 Å². The van der Waals surface area contributed by atoms with Gasteiger partial charge in [0.2, 0.25) is 0 Å². The maximum atomic E-state index is 11.8. The summed E-state index contributed by atoms with van der Waals surface area (Å²) in [5.74, 6) is 0.786. The number of amides is 2. The Bertz CT molecular complexity index is 585. The average molecular weight is 291 g/mol. The van der Waals surface area contributed by atoms with Gasteiger partial charge in [0.15, 0.2) is 0 Å². The summed E-state index contributed by atoms with van der Waals surface area (Å²) >= 11 is 5.96. The number of nitrogens with one attached hydrogen (secondary N) is 2. The zero-order valence-electron chi connectivity index (χ0n) is 11.0. The van der Waals surface area contributed by atoms with Crippen LogP contribution in [0.3, 0.4) is 0 Å². The van der Waals surface area contributed by atoms with Crippen LogP contribution in [0.15, 0.2) is 48.5 Å². The molecule has 2 amide bonds. The molecule has 20 heavy (non-hydrogen) atoms. The molecule has 0 saturated heterocycles. The van der Waals surface area contributed by atoms with Crippen molar-refractivity contribution in [2.75, 3.05) is 12.4 Å². The van der Waals surface area contributed by atoms with E-state index in [1.807, 2.05) is 36.4 Å². The van der Waals surface area contributed by atoms with E-state index in [1.165, 1.54) is 0 Å². The van der Waals surface area contributed by atoms with Gasteiger partial charge in [-0.2, -0.15) is 0 Å². The van der Waals surface area contributed by atoms with Crippen molar-refractivity contribution >= 4 is 23.3 Å². The van der Waals surface area contributed by atoms with E-state index in [0.717, 1.165) is 11.3 Å². The van der Waals surface area contributed by atoms with Gasteiger partial charge in [0.05, 0.1) is 17.8 Å². The molecule has 2 aromatic rings. The number of halogens is 1. The first-order valence-electron chi connectivity index (χ1n) is 6.11. The molecule has 0 saturated carbocycles. The molecule has 2 N–H and O–H groups in total. The van der Waals surface area contributed by atoms with E-state index in [-0.39, 0.29) is 6.03 Å². The number of para-hydroxylation sites is 1. The molecule has 0 unspecified atom stereocenters. The Morgan fingerprint density at radius 3 is 2.50 bits per heavy atom. The highest BCUT2D eigenvalue weighted by Gasteiger charge is 2.04. The first kappa shape index (κ1) is 14.2. The molecule has 0 fully saturated rings. The molecule has 0 radical (unpaired) electrons. The molecule has 0 bridgehead atoms. The number of carbonyl (C=O) groups excluding carboxylic acids is 1. The number of anilines is 1. The number of ether oxygens (including phenoxy) is 1. The van der Waals surface area contributed by atoms with E-state index >= 15 is 0 Å². The molecule has 0 aliphatic carbocycles. The van der Waals surface area contributed by atoms with Gasteiger partial charge in [-0.3, -0.25) is 0 Å². The van der Waals surface area contributed by atoms with Gasteiger partial charge >= 0.3 is 6.03 Å². The van der Waals surface area contributed by atoms with E-state index in [2.05, 4.69) is 10.6 Å². The molecule has 2 rings (SSSR count). The summed E-state index contributed by atoms with van der Waals surface area (Å²) in [5.41, 5.74) is 1.57. The standard InChI is InChI=1S/C15H15ClN2O2/c1-20-12-8-6-11(7-9-12)10-17-15(19)18-14-5-3-2-4-13(14)16/h2-9H,10H2,1H3,(H2,17,18,19). The Kier molecular flexibility index (Phi) is 4.85. The molecular formula is C15H15ClN2O2.